The van der Waals surface area contributed by atoms with Crippen molar-refractivity contribution in [2.75, 3.05) is 52.5 Å². The summed E-state index contributed by atoms with van der Waals surface area (Å²) in [4.78, 5) is 17.5. The van der Waals surface area contributed by atoms with Crippen LogP contribution in [0.1, 0.15) is 33.6 Å². The predicted octanol–water partition coefficient (Wildman–Crippen LogP) is 1.54. The van der Waals surface area contributed by atoms with Crippen molar-refractivity contribution in [3.63, 3.8) is 0 Å². The second kappa shape index (κ2) is 9.39. The molecule has 154 valence electrons. The lowest BCUT2D eigenvalue weighted by Gasteiger charge is -2.58. The van der Waals surface area contributed by atoms with Crippen LogP contribution < -0.4 is 5.73 Å². The molecule has 6 nitrogen and oxygen atoms in total. The van der Waals surface area contributed by atoms with E-state index in [2.05, 4.69) is 18.7 Å². The maximum atomic E-state index is 13.1. The topological polar surface area (TPSA) is 68.0 Å². The molecule has 1 saturated carbocycles. The molecule has 3 fully saturated rings. The van der Waals surface area contributed by atoms with Crippen LogP contribution >= 0.6 is 24.8 Å². The number of hydrogen-bond acceptors (Lipinski definition) is 5. The molecule has 3 rings (SSSR count). The molecule has 26 heavy (non-hydrogen) atoms. The zero-order valence-corrected chi connectivity index (χ0v) is 17.9. The van der Waals surface area contributed by atoms with E-state index < -0.39 is 5.54 Å². The Hall–Kier alpha value is -0.110. The van der Waals surface area contributed by atoms with Crippen LogP contribution in [0.2, 0.25) is 0 Å². The maximum Gasteiger partial charge on any atom is 0.243 e. The smallest absolute Gasteiger partial charge is 0.243 e. The summed E-state index contributed by atoms with van der Waals surface area (Å²) in [6, 6.07) is 0. The summed E-state index contributed by atoms with van der Waals surface area (Å²) in [5.41, 5.74) is 5.48. The van der Waals surface area contributed by atoms with Crippen LogP contribution in [0.15, 0.2) is 0 Å². The first-order valence-corrected chi connectivity index (χ1v) is 9.38. The van der Waals surface area contributed by atoms with E-state index in [-0.39, 0.29) is 42.2 Å². The van der Waals surface area contributed by atoms with E-state index in [0.29, 0.717) is 18.9 Å². The minimum absolute atomic E-state index is 0. The van der Waals surface area contributed by atoms with Crippen molar-refractivity contribution >= 4 is 30.7 Å². The monoisotopic (exact) mass is 411 g/mol. The highest BCUT2D eigenvalue weighted by atomic mass is 35.5. The Morgan fingerprint density at radius 1 is 1.23 bits per heavy atom. The second-order valence-corrected chi connectivity index (χ2v) is 8.16. The number of rotatable bonds is 5. The fourth-order valence-electron chi connectivity index (χ4n) is 4.40. The summed E-state index contributed by atoms with van der Waals surface area (Å²) in [6.45, 7) is 13.2. The van der Waals surface area contributed by atoms with Gasteiger partial charge in [-0.3, -0.25) is 9.69 Å². The highest BCUT2D eigenvalue weighted by Gasteiger charge is 2.64. The van der Waals surface area contributed by atoms with Gasteiger partial charge in [-0.2, -0.15) is 0 Å². The molecular formula is C18H35Cl2N3O3. The lowest BCUT2D eigenvalue weighted by Crippen LogP contribution is -2.75. The fraction of sp³-hybridized carbons (Fsp3) is 0.944. The number of carbonyl (C=O) groups excluding carboxylic acids is 1. The molecule has 8 heteroatoms. The molecule has 1 aliphatic carbocycles. The minimum atomic E-state index is -0.777. The normalized spacial score (nSPS) is 33.8. The molecule has 2 heterocycles. The van der Waals surface area contributed by atoms with Gasteiger partial charge < -0.3 is 20.1 Å². The molecule has 0 aromatic rings. The Balaban J connectivity index is 0.00000169. The molecule has 0 spiro atoms. The van der Waals surface area contributed by atoms with Crippen molar-refractivity contribution in [2.24, 2.45) is 17.1 Å². The molecule has 0 aromatic carbocycles. The van der Waals surface area contributed by atoms with Gasteiger partial charge in [0.1, 0.15) is 5.54 Å². The van der Waals surface area contributed by atoms with Crippen molar-refractivity contribution in [1.29, 1.82) is 0 Å². The van der Waals surface area contributed by atoms with Crippen LogP contribution in [-0.4, -0.2) is 79.9 Å². The Bertz CT molecular complexity index is 475. The molecule has 1 amide bonds. The van der Waals surface area contributed by atoms with E-state index in [1.807, 2.05) is 11.8 Å². The van der Waals surface area contributed by atoms with E-state index in [1.165, 1.54) is 0 Å². The van der Waals surface area contributed by atoms with Gasteiger partial charge in [-0.15, -0.1) is 24.8 Å². The number of nitrogens with two attached hydrogens (primary N) is 1. The number of carbonyl (C=O) groups is 1. The summed E-state index contributed by atoms with van der Waals surface area (Å²) in [6.07, 6.45) is 1.80. The average Bonchev–Trinajstić information content (AvgIpc) is 3.03. The fourth-order valence-corrected chi connectivity index (χ4v) is 4.40. The molecule has 3 atom stereocenters. The average molecular weight is 412 g/mol. The number of hydrogen-bond donors (Lipinski definition) is 1. The maximum absolute atomic E-state index is 13.1. The van der Waals surface area contributed by atoms with Gasteiger partial charge in [0.2, 0.25) is 5.91 Å². The summed E-state index contributed by atoms with van der Waals surface area (Å²) in [5, 5.41) is 0. The second-order valence-electron chi connectivity index (χ2n) is 8.16. The van der Waals surface area contributed by atoms with Crippen molar-refractivity contribution in [2.45, 2.75) is 45.3 Å². The van der Waals surface area contributed by atoms with E-state index in [1.54, 1.807) is 0 Å². The molecule has 0 radical (unpaired) electrons. The van der Waals surface area contributed by atoms with E-state index in [0.717, 1.165) is 52.4 Å². The highest BCUT2D eigenvalue weighted by molar-refractivity contribution is 5.89. The number of nitrogens with zero attached hydrogens (tertiary/aromatic N) is 2. The predicted molar refractivity (Wildman–Crippen MR) is 107 cm³/mol. The largest absolute Gasteiger partial charge is 0.379 e. The van der Waals surface area contributed by atoms with Gasteiger partial charge in [0.05, 0.1) is 19.3 Å². The number of morpholine rings is 1. The summed E-state index contributed by atoms with van der Waals surface area (Å²) >= 11 is 0. The van der Waals surface area contributed by atoms with Gasteiger partial charge in [-0.05, 0) is 19.3 Å². The van der Waals surface area contributed by atoms with Gasteiger partial charge in [-0.25, -0.2) is 0 Å². The Morgan fingerprint density at radius 3 is 2.46 bits per heavy atom. The first-order valence-electron chi connectivity index (χ1n) is 9.38. The third-order valence-corrected chi connectivity index (χ3v) is 6.40. The highest BCUT2D eigenvalue weighted by Crippen LogP contribution is 2.50. The quantitative estimate of drug-likeness (QED) is 0.742. The Kier molecular flexibility index (Phi) is 8.64. The van der Waals surface area contributed by atoms with Gasteiger partial charge in [0, 0.05) is 51.2 Å². The zero-order valence-electron chi connectivity index (χ0n) is 16.2. The Morgan fingerprint density at radius 2 is 1.88 bits per heavy atom. The molecule has 0 aromatic heterocycles. The Labute approximate surface area is 169 Å². The molecule has 3 aliphatic rings. The van der Waals surface area contributed by atoms with Crippen molar-refractivity contribution in [1.82, 2.24) is 9.80 Å². The van der Waals surface area contributed by atoms with E-state index in [4.69, 9.17) is 15.2 Å². The van der Waals surface area contributed by atoms with Crippen LogP contribution in [0.25, 0.3) is 0 Å². The number of amides is 1. The van der Waals surface area contributed by atoms with Gasteiger partial charge in [0.15, 0.2) is 0 Å². The van der Waals surface area contributed by atoms with Gasteiger partial charge >= 0.3 is 0 Å². The molecule has 3 unspecified atom stereocenters. The SMILES string of the molecule is CCOC1CC(N)(C(=O)N2CCC(CN3CCOCC3)C2)C1(C)C.Cl.Cl. The molecule has 2 aliphatic heterocycles. The third kappa shape index (κ3) is 4.31. The standard InChI is InChI=1S/C18H33N3O3.2ClH/c1-4-24-15-11-18(19,17(15,2)3)16(22)21-6-5-14(13-21)12-20-7-9-23-10-8-20;;/h14-15H,4-13,19H2,1-3H3;2*1H. The molecular weight excluding hydrogens is 377 g/mol. The van der Waals surface area contributed by atoms with E-state index >= 15 is 0 Å². The zero-order chi connectivity index (χ0) is 17.4. The summed E-state index contributed by atoms with van der Waals surface area (Å²) < 4.78 is 11.2. The van der Waals surface area contributed by atoms with E-state index in [9.17, 15) is 4.79 Å². The van der Waals surface area contributed by atoms with Crippen molar-refractivity contribution < 1.29 is 14.3 Å². The lowest BCUT2D eigenvalue weighted by atomic mass is 9.54. The van der Waals surface area contributed by atoms with Crippen LogP contribution in [0.5, 0.6) is 0 Å². The summed E-state index contributed by atoms with van der Waals surface area (Å²) in [7, 11) is 0. The minimum Gasteiger partial charge on any atom is -0.379 e. The first kappa shape index (κ1) is 23.9. The van der Waals surface area contributed by atoms with Crippen LogP contribution in [0, 0.1) is 11.3 Å². The van der Waals surface area contributed by atoms with Crippen molar-refractivity contribution in [3.05, 3.63) is 0 Å². The third-order valence-electron chi connectivity index (χ3n) is 6.40. The molecule has 2 N–H and O–H groups in total. The first-order chi connectivity index (χ1) is 11.4. The van der Waals surface area contributed by atoms with Crippen LogP contribution in [-0.2, 0) is 14.3 Å². The number of halogens is 2. The van der Waals surface area contributed by atoms with Gasteiger partial charge in [0.25, 0.3) is 0 Å². The van der Waals surface area contributed by atoms with Crippen molar-refractivity contribution in [3.8, 4) is 0 Å². The molecule has 2 saturated heterocycles. The van der Waals surface area contributed by atoms with Gasteiger partial charge in [-0.1, -0.05) is 13.8 Å². The van der Waals surface area contributed by atoms with Crippen LogP contribution in [0.3, 0.4) is 0 Å². The van der Waals surface area contributed by atoms with Crippen LogP contribution in [0.4, 0.5) is 0 Å². The summed E-state index contributed by atoms with van der Waals surface area (Å²) in [5.74, 6) is 0.675. The number of ether oxygens (including phenoxy) is 2. The number of likely N-dealkylation sites (tertiary alicyclic amines) is 1. The lowest BCUT2D eigenvalue weighted by molar-refractivity contribution is -0.178. The molecule has 0 bridgehead atoms.